The molecule has 8 amide bonds. The van der Waals surface area contributed by atoms with E-state index in [0.717, 1.165) is 70.8 Å². The summed E-state index contributed by atoms with van der Waals surface area (Å²) in [5.41, 5.74) is 17.1. The van der Waals surface area contributed by atoms with Crippen molar-refractivity contribution >= 4 is 151 Å². The van der Waals surface area contributed by atoms with E-state index in [1.165, 1.54) is 9.80 Å². The highest BCUT2D eigenvalue weighted by atomic mass is 16.5. The Kier molecular flexibility index (Phi) is 19.1. The molecule has 5 heterocycles. The van der Waals surface area contributed by atoms with Gasteiger partial charge in [-0.05, 0) is 175 Å². The Hall–Kier alpha value is -14.2. The van der Waals surface area contributed by atoms with E-state index in [1.54, 1.807) is 60.7 Å². The quantitative estimate of drug-likeness (QED) is 0.0246. The van der Waals surface area contributed by atoms with Crippen LogP contribution in [-0.4, -0.2) is 95.1 Å². The molecule has 4 aliphatic heterocycles. The molecule has 22 heteroatoms. The lowest BCUT2D eigenvalue weighted by molar-refractivity contribution is 0.0592. The fraction of sp³-hybridized carbons (Fsp3) is 0.272. The van der Waals surface area contributed by atoms with Gasteiger partial charge in [0.15, 0.2) is 0 Å². The van der Waals surface area contributed by atoms with Gasteiger partial charge in [0.1, 0.15) is 46.0 Å². The highest BCUT2D eigenvalue weighted by Gasteiger charge is 2.44. The van der Waals surface area contributed by atoms with Gasteiger partial charge in [-0.1, -0.05) is 208 Å². The summed E-state index contributed by atoms with van der Waals surface area (Å²) >= 11 is 0. The third-order valence-corrected chi connectivity index (χ3v) is 25.0. The zero-order valence-corrected chi connectivity index (χ0v) is 72.3. The Morgan fingerprint density at radius 1 is 0.280 bits per heavy atom. The summed E-state index contributed by atoms with van der Waals surface area (Å²) in [6, 6.07) is 51.4. The summed E-state index contributed by atoms with van der Waals surface area (Å²) in [6.45, 7) is 30.0. The largest absolute Gasteiger partial charge is 0.457 e. The van der Waals surface area contributed by atoms with E-state index in [1.807, 2.05) is 109 Å². The van der Waals surface area contributed by atoms with E-state index in [4.69, 9.17) is 24.7 Å². The molecule has 125 heavy (non-hydrogen) atoms. The summed E-state index contributed by atoms with van der Waals surface area (Å²) < 4.78 is 28.2. The van der Waals surface area contributed by atoms with Gasteiger partial charge in [-0.15, -0.1) is 0 Å². The molecule has 0 spiro atoms. The molecule has 1 aromatic heterocycles. The number of benzene rings is 14. The molecular formula is C103H94N10O12. The van der Waals surface area contributed by atoms with Gasteiger partial charge < -0.3 is 24.7 Å². The Labute approximate surface area is 721 Å². The Bertz CT molecular complexity index is 6750. The molecule has 19 rings (SSSR count). The minimum absolute atomic E-state index is 0.0184. The fourth-order valence-corrected chi connectivity index (χ4v) is 18.5. The van der Waals surface area contributed by atoms with Crippen LogP contribution in [0, 0.1) is 0 Å². The second-order valence-corrected chi connectivity index (χ2v) is 37.4. The van der Waals surface area contributed by atoms with Crippen LogP contribution in [0.3, 0.4) is 0 Å². The standard InChI is InChI=1S/C103H94N10O12/c1-15-17-19-21-47-110-89(114)65-43-39-61-83-75(124-59-35-27-55(28-36-59)102(9,10)11)51-71-79-67(45-41-63(87(79)83)81-73(49-69(91(110)116)77(65)85(61)81)122-57-31-23-53(24-32-57)100(3,4)5)93(118)112(95(71)120)108-98-105-97(104)106-99(107-98)109-113-94(119)68-46-42-64-82-74(123-58-33-25-54(26-34-58)101(6,7)8)50-70-78-66(90(115)111(92(70)117)48-22-20-18-16-2)44-40-62(86(78)82)84-76(52-72(96(113)121)80(68)88(64)84)125-60-37-29-56(30-38-60)103(12,13)14/h23-46,49-52H,15-22,47-48H2,1-14H3,(H4,104,105,106,107,108,109). The van der Waals surface area contributed by atoms with Crippen molar-refractivity contribution in [1.29, 1.82) is 0 Å². The van der Waals surface area contributed by atoms with E-state index < -0.39 is 65.1 Å². The van der Waals surface area contributed by atoms with Crippen LogP contribution in [0.4, 0.5) is 17.8 Å². The highest BCUT2D eigenvalue weighted by molar-refractivity contribution is 6.45. The van der Waals surface area contributed by atoms with Crippen molar-refractivity contribution in [3.63, 3.8) is 0 Å². The number of nitrogens with two attached hydrogens (primary N) is 1. The normalized spacial score (nSPS) is 14.4. The van der Waals surface area contributed by atoms with Gasteiger partial charge in [0, 0.05) is 88.9 Å². The molecule has 0 bridgehead atoms. The molecule has 0 radical (unpaired) electrons. The van der Waals surface area contributed by atoms with Crippen molar-refractivity contribution < 1.29 is 57.3 Å². The summed E-state index contributed by atoms with van der Waals surface area (Å²) in [5.74, 6) is -3.72. The van der Waals surface area contributed by atoms with E-state index >= 15 is 28.8 Å². The number of imide groups is 4. The van der Waals surface area contributed by atoms with Crippen molar-refractivity contribution in [1.82, 2.24) is 34.8 Å². The number of anilines is 3. The average molecular weight is 1660 g/mol. The lowest BCUT2D eigenvalue weighted by Gasteiger charge is -2.31. The Balaban J connectivity index is 0.729. The van der Waals surface area contributed by atoms with Crippen LogP contribution in [0.2, 0.25) is 0 Å². The van der Waals surface area contributed by atoms with Crippen molar-refractivity contribution in [3.8, 4) is 46.0 Å². The van der Waals surface area contributed by atoms with Crippen LogP contribution in [-0.2, 0) is 21.7 Å². The van der Waals surface area contributed by atoms with E-state index in [0.29, 0.717) is 134 Å². The van der Waals surface area contributed by atoms with Gasteiger partial charge in [-0.3, -0.25) is 59.0 Å². The number of hydrogen-bond acceptors (Lipinski definition) is 18. The second kappa shape index (κ2) is 29.6. The monoisotopic (exact) mass is 1660 g/mol. The maximum atomic E-state index is 16.0. The topological polar surface area (TPSA) is 275 Å². The third kappa shape index (κ3) is 13.3. The molecule has 22 nitrogen and oxygen atoms in total. The number of nitrogens with one attached hydrogen (secondary N) is 2. The van der Waals surface area contributed by atoms with Gasteiger partial charge in [-0.2, -0.15) is 25.0 Å². The number of carbonyl (C=O) groups is 8. The lowest BCUT2D eigenvalue weighted by Crippen LogP contribution is -2.45. The molecule has 0 aliphatic carbocycles. The molecular weight excluding hydrogens is 1570 g/mol. The zero-order chi connectivity index (χ0) is 87.7. The predicted octanol–water partition coefficient (Wildman–Crippen LogP) is 23.5. The van der Waals surface area contributed by atoms with Crippen LogP contribution in [0.25, 0.3) is 86.2 Å². The Morgan fingerprint density at radius 3 is 0.776 bits per heavy atom. The number of rotatable bonds is 22. The number of fused-ring (bicyclic) bond motifs is 4. The van der Waals surface area contributed by atoms with E-state index in [-0.39, 0.29) is 90.4 Å². The molecule has 15 aromatic rings. The van der Waals surface area contributed by atoms with Crippen LogP contribution in [0.5, 0.6) is 46.0 Å². The van der Waals surface area contributed by atoms with Crippen molar-refractivity contribution in [2.75, 3.05) is 29.7 Å². The average Bonchev–Trinajstić information content (AvgIpc) is 0.683. The first-order valence-corrected chi connectivity index (χ1v) is 42.9. The Morgan fingerprint density at radius 2 is 0.520 bits per heavy atom. The van der Waals surface area contributed by atoms with Crippen molar-refractivity contribution in [3.05, 3.63) is 237 Å². The summed E-state index contributed by atoms with van der Waals surface area (Å²) in [6.07, 6.45) is 6.77. The van der Waals surface area contributed by atoms with Crippen molar-refractivity contribution in [2.24, 2.45) is 0 Å². The van der Waals surface area contributed by atoms with Gasteiger partial charge in [-0.25, -0.2) is 0 Å². The number of unbranched alkanes of at least 4 members (excludes halogenated alkanes) is 6. The summed E-state index contributed by atoms with van der Waals surface area (Å²) in [7, 11) is 0. The minimum Gasteiger partial charge on any atom is -0.457 e. The molecule has 0 unspecified atom stereocenters. The SMILES string of the molecule is CCCCCCN1C(=O)c2ccc3c4c(Oc5ccc(C(C)(C)C)cc5)cc5c6c(ccc(c7c(Oc8ccc(C(C)(C)C)cc8)cc(c2c37)C1=O)c64)C(=O)N(Nc1nc(N)nc(NN2C(=O)c3ccc4c6c(Oc7ccc(C(C)(C)C)cc7)cc7c8c(ccc(c9c(Oc%10ccc(C(C)(C)C)cc%10)cc(c3c49)C2=O)c86)C(=O)N(CCCCCC)C7=O)n1)C5=O. The number of nitrogen functional groups attached to an aromatic ring is 1. The molecule has 0 saturated carbocycles. The number of hydrazine groups is 2. The third-order valence-electron chi connectivity index (χ3n) is 25.0. The lowest BCUT2D eigenvalue weighted by atomic mass is 9.81. The van der Waals surface area contributed by atoms with E-state index in [2.05, 4.69) is 123 Å². The molecule has 0 atom stereocenters. The zero-order valence-electron chi connectivity index (χ0n) is 72.3. The van der Waals surface area contributed by atoms with Gasteiger partial charge in [0.2, 0.25) is 17.8 Å². The minimum atomic E-state index is -0.867. The fourth-order valence-electron chi connectivity index (χ4n) is 18.5. The number of amides is 8. The smallest absolute Gasteiger partial charge is 0.280 e. The van der Waals surface area contributed by atoms with Gasteiger partial charge in [0.05, 0.1) is 33.4 Å². The highest BCUT2D eigenvalue weighted by Crippen LogP contribution is 2.56. The predicted molar refractivity (Wildman–Crippen MR) is 488 cm³/mol. The van der Waals surface area contributed by atoms with Gasteiger partial charge >= 0.3 is 0 Å². The first-order chi connectivity index (χ1) is 59.7. The van der Waals surface area contributed by atoms with Crippen molar-refractivity contribution in [2.45, 2.75) is 170 Å². The van der Waals surface area contributed by atoms with E-state index in [9.17, 15) is 9.59 Å². The number of carbonyl (C=O) groups excluding carboxylic acids is 8. The molecule has 14 aromatic carbocycles. The number of nitrogens with zero attached hydrogens (tertiary/aromatic N) is 7. The molecule has 4 N–H and O–H groups in total. The van der Waals surface area contributed by atoms with Crippen LogP contribution in [0.15, 0.2) is 170 Å². The first-order valence-electron chi connectivity index (χ1n) is 42.9. The number of aromatic nitrogens is 3. The second-order valence-electron chi connectivity index (χ2n) is 37.4. The number of ether oxygens (including phenoxy) is 4. The first kappa shape index (κ1) is 80.6. The summed E-state index contributed by atoms with van der Waals surface area (Å²) in [4.78, 5) is 140. The van der Waals surface area contributed by atoms with Crippen LogP contribution < -0.4 is 35.5 Å². The number of hydrogen-bond donors (Lipinski definition) is 3. The maximum Gasteiger partial charge on any atom is 0.280 e. The molecule has 4 aliphatic rings. The van der Waals surface area contributed by atoms with Crippen LogP contribution in [0.1, 0.15) is 253 Å². The van der Waals surface area contributed by atoms with Gasteiger partial charge in [0.25, 0.3) is 47.3 Å². The maximum absolute atomic E-state index is 16.0. The summed E-state index contributed by atoms with van der Waals surface area (Å²) in [5, 5.41) is 9.08. The molecule has 628 valence electrons. The molecule has 0 saturated heterocycles. The molecule has 0 fully saturated rings. The van der Waals surface area contributed by atoms with Crippen LogP contribution >= 0.6 is 0 Å².